The molecule has 5 nitrogen and oxygen atoms in total. The molecule has 146 valence electrons. The minimum atomic E-state index is -0.257. The van der Waals surface area contributed by atoms with Gasteiger partial charge in [0, 0.05) is 33.9 Å². The van der Waals surface area contributed by atoms with Crippen LogP contribution in [0.5, 0.6) is 5.75 Å². The third kappa shape index (κ3) is 3.72. The normalized spacial score (nSPS) is 11.4. The summed E-state index contributed by atoms with van der Waals surface area (Å²) in [5.74, 6) is 0.486. The van der Waals surface area contributed by atoms with Crippen molar-refractivity contribution in [2.45, 2.75) is 20.4 Å². The molecule has 0 fully saturated rings. The molecule has 1 heterocycles. The van der Waals surface area contributed by atoms with Crippen LogP contribution in [0, 0.1) is 0 Å². The van der Waals surface area contributed by atoms with E-state index in [0.29, 0.717) is 12.2 Å². The summed E-state index contributed by atoms with van der Waals surface area (Å²) >= 11 is 0. The molecule has 0 radical (unpaired) electrons. The summed E-state index contributed by atoms with van der Waals surface area (Å²) in [5.41, 5.74) is 6.48. The molecule has 0 saturated heterocycles. The van der Waals surface area contributed by atoms with E-state index in [4.69, 9.17) is 4.74 Å². The van der Waals surface area contributed by atoms with Crippen LogP contribution in [-0.4, -0.2) is 23.3 Å². The Kier molecular flexibility index (Phi) is 5.29. The highest BCUT2D eigenvalue weighted by Gasteiger charge is 2.09. The lowest BCUT2D eigenvalue weighted by atomic mass is 10.1. The lowest BCUT2D eigenvalue weighted by molar-refractivity contribution is 0.0955. The number of hydrogen-bond acceptors (Lipinski definition) is 3. The van der Waals surface area contributed by atoms with Gasteiger partial charge in [0.1, 0.15) is 5.75 Å². The third-order valence-corrected chi connectivity index (χ3v) is 4.92. The minimum absolute atomic E-state index is 0.257. The summed E-state index contributed by atoms with van der Waals surface area (Å²) < 4.78 is 7.70. The van der Waals surface area contributed by atoms with Gasteiger partial charge >= 0.3 is 0 Å². The molecular formula is C24H23N3O2. The topological polar surface area (TPSA) is 55.6 Å². The highest BCUT2D eigenvalue weighted by atomic mass is 16.5. The summed E-state index contributed by atoms with van der Waals surface area (Å²) in [5, 5.41) is 6.53. The number of nitrogens with one attached hydrogen (secondary N) is 1. The van der Waals surface area contributed by atoms with Crippen molar-refractivity contribution in [1.29, 1.82) is 0 Å². The zero-order valence-corrected chi connectivity index (χ0v) is 16.6. The van der Waals surface area contributed by atoms with Crippen LogP contribution in [0.2, 0.25) is 0 Å². The molecule has 0 aliphatic carbocycles. The molecule has 1 aromatic heterocycles. The number of hydrogen-bond donors (Lipinski definition) is 1. The molecule has 0 aliphatic heterocycles. The van der Waals surface area contributed by atoms with Gasteiger partial charge in [-0.3, -0.25) is 4.79 Å². The number of amides is 1. The number of benzene rings is 3. The highest BCUT2D eigenvalue weighted by molar-refractivity contribution is 6.09. The molecule has 0 unspecified atom stereocenters. The largest absolute Gasteiger partial charge is 0.494 e. The second kappa shape index (κ2) is 8.19. The van der Waals surface area contributed by atoms with E-state index in [-0.39, 0.29) is 5.91 Å². The Hall–Kier alpha value is -3.60. The number of ether oxygens (including phenoxy) is 1. The first-order chi connectivity index (χ1) is 14.2. The molecule has 0 aliphatic rings. The zero-order chi connectivity index (χ0) is 20.2. The second-order valence-electron chi connectivity index (χ2n) is 6.69. The Morgan fingerprint density at radius 3 is 2.52 bits per heavy atom. The molecular weight excluding hydrogens is 362 g/mol. The average Bonchev–Trinajstić information content (AvgIpc) is 3.07. The fourth-order valence-electron chi connectivity index (χ4n) is 3.59. The van der Waals surface area contributed by atoms with Crippen molar-refractivity contribution in [3.05, 3.63) is 77.9 Å². The molecule has 5 heteroatoms. The molecule has 4 aromatic rings. The minimum Gasteiger partial charge on any atom is -0.494 e. The SMILES string of the molecule is CCOc1ccc(C(=O)N/N=C/c2ccc3c(c2)c2ccccc2n3CC)cc1. The zero-order valence-electron chi connectivity index (χ0n) is 16.6. The fraction of sp³-hybridized carbons (Fsp3) is 0.167. The van der Waals surface area contributed by atoms with Crippen molar-refractivity contribution >= 4 is 33.9 Å². The fourth-order valence-corrected chi connectivity index (χ4v) is 3.59. The third-order valence-electron chi connectivity index (χ3n) is 4.92. The summed E-state index contributed by atoms with van der Waals surface area (Å²) in [6.45, 7) is 5.58. The number of para-hydroxylation sites is 1. The number of rotatable bonds is 6. The highest BCUT2D eigenvalue weighted by Crippen LogP contribution is 2.29. The summed E-state index contributed by atoms with van der Waals surface area (Å²) in [4.78, 5) is 12.3. The summed E-state index contributed by atoms with van der Waals surface area (Å²) in [6, 6.07) is 21.6. The number of fused-ring (bicyclic) bond motifs is 3. The lowest BCUT2D eigenvalue weighted by Crippen LogP contribution is -2.17. The van der Waals surface area contributed by atoms with Gasteiger partial charge in [0.2, 0.25) is 0 Å². The molecule has 0 spiro atoms. The predicted octanol–water partition coefficient (Wildman–Crippen LogP) is 4.98. The number of hydrazone groups is 1. The van der Waals surface area contributed by atoms with Crippen molar-refractivity contribution < 1.29 is 9.53 Å². The second-order valence-corrected chi connectivity index (χ2v) is 6.69. The first kappa shape index (κ1) is 18.7. The van der Waals surface area contributed by atoms with Crippen LogP contribution in [-0.2, 0) is 6.54 Å². The monoisotopic (exact) mass is 385 g/mol. The van der Waals surface area contributed by atoms with E-state index in [1.807, 2.05) is 13.0 Å². The number of carbonyl (C=O) groups is 1. The van der Waals surface area contributed by atoms with E-state index in [1.54, 1.807) is 30.5 Å². The molecule has 0 bridgehead atoms. The molecule has 1 amide bonds. The molecule has 0 atom stereocenters. The quantitative estimate of drug-likeness (QED) is 0.376. The first-order valence-corrected chi connectivity index (χ1v) is 9.78. The van der Waals surface area contributed by atoms with Crippen LogP contribution >= 0.6 is 0 Å². The lowest BCUT2D eigenvalue weighted by Gasteiger charge is -2.04. The van der Waals surface area contributed by atoms with Gasteiger partial charge in [-0.05, 0) is 61.9 Å². The summed E-state index contributed by atoms with van der Waals surface area (Å²) in [6.07, 6.45) is 1.67. The van der Waals surface area contributed by atoms with E-state index in [0.717, 1.165) is 17.9 Å². The Bertz CT molecular complexity index is 1190. The van der Waals surface area contributed by atoms with Gasteiger partial charge in [0.05, 0.1) is 12.8 Å². The molecule has 4 rings (SSSR count). The van der Waals surface area contributed by atoms with Gasteiger partial charge in [-0.15, -0.1) is 0 Å². The van der Waals surface area contributed by atoms with Gasteiger partial charge in [-0.1, -0.05) is 24.3 Å². The first-order valence-electron chi connectivity index (χ1n) is 9.78. The number of carbonyl (C=O) groups excluding carboxylic acids is 1. The Morgan fingerprint density at radius 2 is 1.76 bits per heavy atom. The van der Waals surface area contributed by atoms with Gasteiger partial charge in [0.15, 0.2) is 0 Å². The van der Waals surface area contributed by atoms with Crippen molar-refractivity contribution in [2.75, 3.05) is 6.61 Å². The van der Waals surface area contributed by atoms with Crippen LogP contribution in [0.15, 0.2) is 71.8 Å². The van der Waals surface area contributed by atoms with E-state index in [9.17, 15) is 4.79 Å². The van der Waals surface area contributed by atoms with Crippen LogP contribution in [0.25, 0.3) is 21.8 Å². The van der Waals surface area contributed by atoms with E-state index >= 15 is 0 Å². The standard InChI is InChI=1S/C24H23N3O2/c1-3-27-22-8-6-5-7-20(22)21-15-17(9-14-23(21)27)16-25-26-24(28)18-10-12-19(13-11-18)29-4-2/h5-16H,3-4H2,1-2H3,(H,26,28)/b25-16+. The maximum atomic E-state index is 12.3. The van der Waals surface area contributed by atoms with Crippen LogP contribution in [0.3, 0.4) is 0 Å². The van der Waals surface area contributed by atoms with Gasteiger partial charge in [-0.2, -0.15) is 5.10 Å². The van der Waals surface area contributed by atoms with Crippen molar-refractivity contribution in [3.63, 3.8) is 0 Å². The Balaban J connectivity index is 1.54. The molecule has 3 aromatic carbocycles. The predicted molar refractivity (Wildman–Crippen MR) is 118 cm³/mol. The van der Waals surface area contributed by atoms with Crippen LogP contribution < -0.4 is 10.2 Å². The van der Waals surface area contributed by atoms with Gasteiger partial charge in [0.25, 0.3) is 5.91 Å². The molecule has 0 saturated carbocycles. The van der Waals surface area contributed by atoms with Crippen molar-refractivity contribution in [2.24, 2.45) is 5.10 Å². The van der Waals surface area contributed by atoms with Crippen molar-refractivity contribution in [3.8, 4) is 5.75 Å². The average molecular weight is 385 g/mol. The van der Waals surface area contributed by atoms with Crippen LogP contribution in [0.4, 0.5) is 0 Å². The molecule has 1 N–H and O–H groups in total. The van der Waals surface area contributed by atoms with E-state index < -0.39 is 0 Å². The van der Waals surface area contributed by atoms with E-state index in [2.05, 4.69) is 58.4 Å². The number of aromatic nitrogens is 1. The molecule has 29 heavy (non-hydrogen) atoms. The maximum absolute atomic E-state index is 12.3. The van der Waals surface area contributed by atoms with Crippen LogP contribution in [0.1, 0.15) is 29.8 Å². The van der Waals surface area contributed by atoms with Gasteiger partial charge in [-0.25, -0.2) is 5.43 Å². The summed E-state index contributed by atoms with van der Waals surface area (Å²) in [7, 11) is 0. The Labute approximate surface area is 169 Å². The van der Waals surface area contributed by atoms with E-state index in [1.165, 1.54) is 21.8 Å². The van der Waals surface area contributed by atoms with Gasteiger partial charge < -0.3 is 9.30 Å². The Morgan fingerprint density at radius 1 is 1.00 bits per heavy atom. The number of aryl methyl sites for hydroxylation is 1. The van der Waals surface area contributed by atoms with Crippen molar-refractivity contribution in [1.82, 2.24) is 9.99 Å². The number of nitrogens with zero attached hydrogens (tertiary/aromatic N) is 2. The maximum Gasteiger partial charge on any atom is 0.271 e. The smallest absolute Gasteiger partial charge is 0.271 e.